The van der Waals surface area contributed by atoms with E-state index in [1.54, 1.807) is 4.90 Å². The van der Waals surface area contributed by atoms with Crippen molar-refractivity contribution in [1.82, 2.24) is 14.2 Å². The van der Waals surface area contributed by atoms with Crippen molar-refractivity contribution < 1.29 is 27.1 Å². The van der Waals surface area contributed by atoms with Gasteiger partial charge in [0, 0.05) is 44.4 Å². The summed E-state index contributed by atoms with van der Waals surface area (Å²) < 4.78 is 50.6. The number of hydrogen-bond acceptors (Lipinski definition) is 7. The van der Waals surface area contributed by atoms with E-state index in [1.807, 2.05) is 0 Å². The van der Waals surface area contributed by atoms with Gasteiger partial charge < -0.3 is 20.1 Å². The molecule has 0 radical (unpaired) electrons. The van der Waals surface area contributed by atoms with Crippen LogP contribution in [0.3, 0.4) is 0 Å². The van der Waals surface area contributed by atoms with Crippen LogP contribution < -0.4 is 10.5 Å². The van der Waals surface area contributed by atoms with Crippen LogP contribution in [0, 0.1) is 11.3 Å². The number of piperidine rings is 1. The zero-order valence-electron chi connectivity index (χ0n) is 16.5. The van der Waals surface area contributed by atoms with Crippen molar-refractivity contribution in [3.05, 3.63) is 30.2 Å². The van der Waals surface area contributed by atoms with E-state index >= 15 is 0 Å². The highest BCUT2D eigenvalue weighted by Gasteiger charge is 2.67. The first-order chi connectivity index (χ1) is 14.4. The molecule has 2 saturated heterocycles. The van der Waals surface area contributed by atoms with Gasteiger partial charge in [0.05, 0.1) is 31.2 Å². The highest BCUT2D eigenvalue weighted by molar-refractivity contribution is 7.89. The zero-order valence-corrected chi connectivity index (χ0v) is 17.3. The Kier molecular flexibility index (Phi) is 5.80. The molecular formula is C19H25FN4O5S. The molecule has 3 aliphatic rings. The van der Waals surface area contributed by atoms with Crippen LogP contribution in [0.1, 0.15) is 6.42 Å². The number of nitrogens with zero attached hydrogens (tertiary/aromatic N) is 3. The molecule has 1 aliphatic carbocycles. The second-order valence-electron chi connectivity index (χ2n) is 7.85. The van der Waals surface area contributed by atoms with E-state index in [2.05, 4.69) is 4.98 Å². The molecule has 1 aromatic heterocycles. The number of carbonyl (C=O) groups excluding carboxylic acids is 1. The number of morpholine rings is 1. The van der Waals surface area contributed by atoms with E-state index in [1.165, 1.54) is 22.6 Å². The summed E-state index contributed by atoms with van der Waals surface area (Å²) in [6.45, 7) is 2.61. The van der Waals surface area contributed by atoms with E-state index in [4.69, 9.17) is 15.2 Å². The number of sulfonamides is 1. The van der Waals surface area contributed by atoms with Crippen molar-refractivity contribution in [2.45, 2.75) is 11.3 Å². The highest BCUT2D eigenvalue weighted by atomic mass is 32.2. The minimum Gasteiger partial charge on any atom is -0.473 e. The van der Waals surface area contributed by atoms with Crippen molar-refractivity contribution >= 4 is 15.9 Å². The standard InChI is InChI=1S/C19H25FN4O5S/c20-8-14(9-21)12-29-17-2-1-16(10-22-17)30(26,27)24-11-15-7-19(15,13-24)18(25)23-3-5-28-6-4-23/h1-2,8,10,15H,3-7,9,11-13,21H2/b14-8+/t15-,19-/m1/s1. The Labute approximate surface area is 174 Å². The van der Waals surface area contributed by atoms with Gasteiger partial charge in [-0.3, -0.25) is 4.79 Å². The van der Waals surface area contributed by atoms with E-state index < -0.39 is 15.4 Å². The molecule has 1 aromatic rings. The lowest BCUT2D eigenvalue weighted by Gasteiger charge is -2.30. The predicted molar refractivity (Wildman–Crippen MR) is 105 cm³/mol. The van der Waals surface area contributed by atoms with Gasteiger partial charge in [0.1, 0.15) is 11.5 Å². The summed E-state index contributed by atoms with van der Waals surface area (Å²) in [5.74, 6) is 0.261. The van der Waals surface area contributed by atoms with Crippen LogP contribution in [-0.4, -0.2) is 81.1 Å². The van der Waals surface area contributed by atoms with Crippen molar-refractivity contribution in [2.75, 3.05) is 52.5 Å². The molecule has 1 amide bonds. The number of aromatic nitrogens is 1. The van der Waals surface area contributed by atoms with E-state index in [-0.39, 0.29) is 47.9 Å². The predicted octanol–water partition coefficient (Wildman–Crippen LogP) is 0.142. The third-order valence-electron chi connectivity index (χ3n) is 6.01. The normalized spacial score (nSPS) is 27.1. The fraction of sp³-hybridized carbons (Fsp3) is 0.579. The quantitative estimate of drug-likeness (QED) is 0.641. The van der Waals surface area contributed by atoms with Gasteiger partial charge in [0.2, 0.25) is 21.8 Å². The Bertz CT molecular complexity index is 933. The van der Waals surface area contributed by atoms with E-state index in [9.17, 15) is 17.6 Å². The number of rotatable bonds is 7. The van der Waals surface area contributed by atoms with Crippen LogP contribution >= 0.6 is 0 Å². The number of hydrogen-bond donors (Lipinski definition) is 1. The molecule has 0 spiro atoms. The second kappa shape index (κ2) is 8.22. The van der Waals surface area contributed by atoms with Gasteiger partial charge in [-0.15, -0.1) is 0 Å². The molecule has 1 saturated carbocycles. The molecule has 3 heterocycles. The van der Waals surface area contributed by atoms with Crippen molar-refractivity contribution in [2.24, 2.45) is 17.1 Å². The first-order valence-electron chi connectivity index (χ1n) is 9.85. The summed E-state index contributed by atoms with van der Waals surface area (Å²) in [6, 6.07) is 2.82. The van der Waals surface area contributed by atoms with Gasteiger partial charge in [0.15, 0.2) is 0 Å². The Morgan fingerprint density at radius 3 is 2.80 bits per heavy atom. The molecule has 30 heavy (non-hydrogen) atoms. The van der Waals surface area contributed by atoms with Crippen LogP contribution in [0.2, 0.25) is 0 Å². The number of ether oxygens (including phenoxy) is 2. The summed E-state index contributed by atoms with van der Waals surface area (Å²) in [7, 11) is -3.77. The van der Waals surface area contributed by atoms with Gasteiger partial charge in [-0.2, -0.15) is 4.31 Å². The summed E-state index contributed by atoms with van der Waals surface area (Å²) >= 11 is 0. The molecule has 11 heteroatoms. The van der Waals surface area contributed by atoms with Crippen LogP contribution in [0.5, 0.6) is 5.88 Å². The van der Waals surface area contributed by atoms with E-state index in [0.717, 1.165) is 6.42 Å². The SMILES string of the molecule is NC/C(=C\F)COc1ccc(S(=O)(=O)N2C[C@H]3C[C@@]3(C(=O)N3CCOCC3)C2)cn1. The maximum atomic E-state index is 13.0. The second-order valence-corrected chi connectivity index (χ2v) is 9.79. The summed E-state index contributed by atoms with van der Waals surface area (Å²) in [6.07, 6.45) is 2.32. The number of pyridine rings is 1. The largest absolute Gasteiger partial charge is 0.473 e. The van der Waals surface area contributed by atoms with Crippen LogP contribution in [0.15, 0.2) is 35.1 Å². The highest BCUT2D eigenvalue weighted by Crippen LogP contribution is 2.59. The number of nitrogens with two attached hydrogens (primary N) is 1. The molecule has 2 N–H and O–H groups in total. The molecule has 9 nitrogen and oxygen atoms in total. The number of carbonyl (C=O) groups is 1. The number of amides is 1. The van der Waals surface area contributed by atoms with Crippen molar-refractivity contribution in [3.8, 4) is 5.88 Å². The minimum atomic E-state index is -3.77. The molecule has 0 unspecified atom stereocenters. The Balaban J connectivity index is 1.41. The van der Waals surface area contributed by atoms with Gasteiger partial charge in [-0.05, 0) is 18.4 Å². The lowest BCUT2D eigenvalue weighted by molar-refractivity contribution is -0.141. The lowest BCUT2D eigenvalue weighted by atomic mass is 10.0. The fourth-order valence-electron chi connectivity index (χ4n) is 4.09. The van der Waals surface area contributed by atoms with Crippen molar-refractivity contribution in [3.63, 3.8) is 0 Å². The maximum absolute atomic E-state index is 13.0. The van der Waals surface area contributed by atoms with Gasteiger partial charge in [0.25, 0.3) is 0 Å². The molecule has 0 aromatic carbocycles. The topological polar surface area (TPSA) is 115 Å². The van der Waals surface area contributed by atoms with Gasteiger partial charge in [-0.1, -0.05) is 0 Å². The molecule has 0 bridgehead atoms. The van der Waals surface area contributed by atoms with Crippen molar-refractivity contribution in [1.29, 1.82) is 0 Å². The van der Waals surface area contributed by atoms with Crippen LogP contribution in [0.25, 0.3) is 0 Å². The van der Waals surface area contributed by atoms with Crippen LogP contribution in [0.4, 0.5) is 4.39 Å². The average Bonchev–Trinajstić information content (AvgIpc) is 3.35. The summed E-state index contributed by atoms with van der Waals surface area (Å²) in [5, 5.41) is 0. The summed E-state index contributed by atoms with van der Waals surface area (Å²) in [4.78, 5) is 18.8. The number of fused-ring (bicyclic) bond motifs is 1. The first-order valence-corrected chi connectivity index (χ1v) is 11.3. The molecule has 164 valence electrons. The molecular weight excluding hydrogens is 415 g/mol. The molecule has 2 atom stereocenters. The Morgan fingerprint density at radius 2 is 2.17 bits per heavy atom. The van der Waals surface area contributed by atoms with Gasteiger partial charge >= 0.3 is 0 Å². The molecule has 4 rings (SSSR count). The third-order valence-corrected chi connectivity index (χ3v) is 7.80. The molecule has 3 fully saturated rings. The fourth-order valence-corrected chi connectivity index (χ4v) is 5.59. The zero-order chi connectivity index (χ0) is 21.4. The van der Waals surface area contributed by atoms with E-state index in [0.29, 0.717) is 39.2 Å². The minimum absolute atomic E-state index is 0.0179. The average molecular weight is 440 g/mol. The first kappa shape index (κ1) is 21.2. The third kappa shape index (κ3) is 3.82. The molecule has 2 aliphatic heterocycles. The maximum Gasteiger partial charge on any atom is 0.244 e. The number of halogens is 1. The monoisotopic (exact) mass is 440 g/mol. The Hall–Kier alpha value is -2.08. The Morgan fingerprint density at radius 1 is 1.40 bits per heavy atom. The summed E-state index contributed by atoms with van der Waals surface area (Å²) in [5.41, 5.74) is 5.03. The van der Waals surface area contributed by atoms with Gasteiger partial charge in [-0.25, -0.2) is 17.8 Å². The lowest BCUT2D eigenvalue weighted by Crippen LogP contribution is -2.46. The smallest absolute Gasteiger partial charge is 0.244 e. The van der Waals surface area contributed by atoms with Crippen LogP contribution in [-0.2, 0) is 19.6 Å².